The lowest BCUT2D eigenvalue weighted by atomic mass is 10.1. The van der Waals surface area contributed by atoms with Crippen LogP contribution in [0.2, 0.25) is 0 Å². The highest BCUT2D eigenvalue weighted by Crippen LogP contribution is 2.27. The maximum atomic E-state index is 13.1. The third kappa shape index (κ3) is 4.97. The molecule has 184 valence electrons. The Morgan fingerprint density at radius 2 is 1.83 bits per heavy atom. The number of β-amino-alcohol motifs (C(OH)–C–C–N with tert-alkyl or cyclic N) is 1. The number of para-hydroxylation sites is 1. The van der Waals surface area contributed by atoms with Gasteiger partial charge in [-0.1, -0.05) is 48.5 Å². The van der Waals surface area contributed by atoms with Crippen molar-refractivity contribution in [2.75, 3.05) is 27.2 Å². The van der Waals surface area contributed by atoms with E-state index in [1.165, 1.54) is 11.9 Å². The molecule has 0 aromatic heterocycles. The summed E-state index contributed by atoms with van der Waals surface area (Å²) in [7, 11) is 3.04. The molecule has 3 atom stereocenters. The molecule has 2 N–H and O–H groups in total. The second kappa shape index (κ2) is 10.1. The third-order valence-electron chi connectivity index (χ3n) is 6.16. The molecular weight excluding hydrogens is 448 g/mol. The number of hydrazone groups is 1. The SMILES string of the molecule is C/C(=N/NC1=NC2C(C(=O)N(C)C(=O)N2C)N1CC(O)COc1ccccc1C)c1ccccc1. The molecule has 2 heterocycles. The summed E-state index contributed by atoms with van der Waals surface area (Å²) in [6.07, 6.45) is -1.66. The number of hydrogen-bond acceptors (Lipinski definition) is 8. The largest absolute Gasteiger partial charge is 0.491 e. The molecule has 0 spiro atoms. The lowest BCUT2D eigenvalue weighted by Gasteiger charge is -2.40. The number of aliphatic imine (C=N–C) groups is 1. The van der Waals surface area contributed by atoms with E-state index in [-0.39, 0.29) is 13.2 Å². The molecule has 0 saturated carbocycles. The monoisotopic (exact) mass is 478 g/mol. The minimum atomic E-state index is -0.930. The predicted molar refractivity (Wildman–Crippen MR) is 132 cm³/mol. The van der Waals surface area contributed by atoms with Gasteiger partial charge in [-0.25, -0.2) is 15.2 Å². The summed E-state index contributed by atoms with van der Waals surface area (Å²) in [6, 6.07) is 16.0. The van der Waals surface area contributed by atoms with Gasteiger partial charge in [-0.15, -0.1) is 0 Å². The van der Waals surface area contributed by atoms with Gasteiger partial charge in [0, 0.05) is 14.1 Å². The zero-order valence-electron chi connectivity index (χ0n) is 20.3. The van der Waals surface area contributed by atoms with E-state index in [0.717, 1.165) is 21.7 Å². The lowest BCUT2D eigenvalue weighted by molar-refractivity contribution is -0.136. The topological polar surface area (TPSA) is 110 Å². The first-order valence-corrected chi connectivity index (χ1v) is 11.4. The van der Waals surface area contributed by atoms with Gasteiger partial charge in [0.15, 0.2) is 12.2 Å². The minimum Gasteiger partial charge on any atom is -0.491 e. The Hall–Kier alpha value is -3.92. The van der Waals surface area contributed by atoms with Crippen LogP contribution in [0.15, 0.2) is 64.7 Å². The number of ether oxygens (including phenoxy) is 1. The van der Waals surface area contributed by atoms with Crippen LogP contribution in [0.1, 0.15) is 18.1 Å². The maximum absolute atomic E-state index is 13.1. The molecule has 2 aromatic rings. The van der Waals surface area contributed by atoms with Gasteiger partial charge in [0.1, 0.15) is 18.5 Å². The van der Waals surface area contributed by atoms with Crippen molar-refractivity contribution in [2.24, 2.45) is 10.1 Å². The van der Waals surface area contributed by atoms with Crippen molar-refractivity contribution in [3.8, 4) is 5.75 Å². The van der Waals surface area contributed by atoms with E-state index < -0.39 is 30.2 Å². The van der Waals surface area contributed by atoms with Crippen LogP contribution in [0.3, 0.4) is 0 Å². The van der Waals surface area contributed by atoms with E-state index in [1.54, 1.807) is 11.9 Å². The predicted octanol–water partition coefficient (Wildman–Crippen LogP) is 1.64. The number of aliphatic hydroxyl groups is 1. The van der Waals surface area contributed by atoms with E-state index in [2.05, 4.69) is 15.5 Å². The van der Waals surface area contributed by atoms with Crippen molar-refractivity contribution in [2.45, 2.75) is 32.2 Å². The summed E-state index contributed by atoms with van der Waals surface area (Å²) in [5.41, 5.74) is 5.56. The highest BCUT2D eigenvalue weighted by Gasteiger charge is 2.51. The molecular formula is C25H30N6O4. The molecule has 0 radical (unpaired) electrons. The molecule has 1 fully saturated rings. The molecule has 1 saturated heterocycles. The third-order valence-corrected chi connectivity index (χ3v) is 6.16. The molecule has 0 bridgehead atoms. The average Bonchev–Trinajstić information content (AvgIpc) is 3.22. The Morgan fingerprint density at radius 3 is 2.54 bits per heavy atom. The van der Waals surface area contributed by atoms with Gasteiger partial charge in [0.2, 0.25) is 5.96 Å². The smallest absolute Gasteiger partial charge is 0.328 e. The summed E-state index contributed by atoms with van der Waals surface area (Å²) < 4.78 is 5.80. The van der Waals surface area contributed by atoms with Crippen LogP contribution in [0.25, 0.3) is 0 Å². The Kier molecular flexibility index (Phi) is 7.02. The first-order valence-electron chi connectivity index (χ1n) is 11.4. The van der Waals surface area contributed by atoms with Crippen molar-refractivity contribution in [3.05, 3.63) is 65.7 Å². The highest BCUT2D eigenvalue weighted by molar-refractivity contribution is 6.04. The number of rotatable bonds is 7. The Bertz CT molecular complexity index is 1150. The number of likely N-dealkylation sites (N-methyl/N-ethyl adjacent to an activating group) is 2. The summed E-state index contributed by atoms with van der Waals surface area (Å²) in [5.74, 6) is 0.586. The fourth-order valence-corrected chi connectivity index (χ4v) is 4.12. The Balaban J connectivity index is 1.54. The second-order valence-corrected chi connectivity index (χ2v) is 8.66. The summed E-state index contributed by atoms with van der Waals surface area (Å²) in [6.45, 7) is 3.87. The quantitative estimate of drug-likeness (QED) is 0.463. The molecule has 35 heavy (non-hydrogen) atoms. The van der Waals surface area contributed by atoms with Crippen LogP contribution in [0, 0.1) is 6.92 Å². The van der Waals surface area contributed by atoms with Crippen molar-refractivity contribution in [3.63, 3.8) is 0 Å². The molecule has 3 amide bonds. The standard InChI is InChI=1S/C25H30N6O4/c1-16-10-8-9-13-20(16)35-15-19(32)14-31-21-22(29(3)25(34)30(4)23(21)33)26-24(31)28-27-17(2)18-11-6-5-7-12-18/h5-13,19,21-22,32H,14-15H2,1-4H3,(H,26,28)/b27-17-. The minimum absolute atomic E-state index is 0.0249. The number of carbonyl (C=O) groups is 2. The second-order valence-electron chi connectivity index (χ2n) is 8.66. The van der Waals surface area contributed by atoms with Crippen molar-refractivity contribution in [1.29, 1.82) is 0 Å². The summed E-state index contributed by atoms with van der Waals surface area (Å²) in [4.78, 5) is 34.3. The fraction of sp³-hybridized carbons (Fsp3) is 0.360. The van der Waals surface area contributed by atoms with Crippen LogP contribution in [0.5, 0.6) is 5.75 Å². The van der Waals surface area contributed by atoms with E-state index in [0.29, 0.717) is 11.7 Å². The van der Waals surface area contributed by atoms with Crippen LogP contribution >= 0.6 is 0 Å². The van der Waals surface area contributed by atoms with E-state index in [1.807, 2.05) is 68.4 Å². The number of nitrogens with one attached hydrogen (secondary N) is 1. The maximum Gasteiger partial charge on any atom is 0.328 e. The average molecular weight is 479 g/mol. The van der Waals surface area contributed by atoms with Gasteiger partial charge >= 0.3 is 6.03 Å². The Labute approximate surface area is 204 Å². The first kappa shape index (κ1) is 24.2. The number of hydrogen-bond donors (Lipinski definition) is 2. The van der Waals surface area contributed by atoms with Crippen LogP contribution in [-0.2, 0) is 4.79 Å². The molecule has 3 unspecified atom stereocenters. The van der Waals surface area contributed by atoms with Crippen molar-refractivity contribution >= 4 is 23.6 Å². The van der Waals surface area contributed by atoms with E-state index >= 15 is 0 Å². The molecule has 10 heteroatoms. The van der Waals surface area contributed by atoms with Gasteiger partial charge < -0.3 is 19.6 Å². The van der Waals surface area contributed by atoms with Gasteiger partial charge in [-0.05, 0) is 31.0 Å². The number of fused-ring (bicyclic) bond motifs is 1. The van der Waals surface area contributed by atoms with Gasteiger partial charge in [0.05, 0.1) is 12.3 Å². The molecule has 0 aliphatic carbocycles. The van der Waals surface area contributed by atoms with Crippen molar-refractivity contribution in [1.82, 2.24) is 20.1 Å². The number of aryl methyl sites for hydroxylation is 1. The highest BCUT2D eigenvalue weighted by atomic mass is 16.5. The zero-order valence-corrected chi connectivity index (χ0v) is 20.3. The molecule has 10 nitrogen and oxygen atoms in total. The van der Waals surface area contributed by atoms with Crippen molar-refractivity contribution < 1.29 is 19.4 Å². The van der Waals surface area contributed by atoms with E-state index in [9.17, 15) is 14.7 Å². The lowest BCUT2D eigenvalue weighted by Crippen LogP contribution is -2.65. The molecule has 2 aromatic carbocycles. The van der Waals surface area contributed by atoms with Gasteiger partial charge in [-0.3, -0.25) is 9.69 Å². The van der Waals surface area contributed by atoms with Crippen LogP contribution in [-0.4, -0.2) is 89.0 Å². The number of urea groups is 1. The number of aliphatic hydroxyl groups excluding tert-OH is 1. The number of nitrogens with zero attached hydrogens (tertiary/aromatic N) is 5. The molecule has 4 rings (SSSR count). The summed E-state index contributed by atoms with van der Waals surface area (Å²) >= 11 is 0. The molecule has 2 aliphatic rings. The number of amides is 3. The fourth-order valence-electron chi connectivity index (χ4n) is 4.12. The first-order chi connectivity index (χ1) is 16.8. The Morgan fingerprint density at radius 1 is 1.14 bits per heavy atom. The number of guanidine groups is 1. The number of imide groups is 1. The zero-order chi connectivity index (χ0) is 25.1. The van der Waals surface area contributed by atoms with E-state index in [4.69, 9.17) is 4.74 Å². The summed E-state index contributed by atoms with van der Waals surface area (Å²) in [5, 5.41) is 15.2. The van der Waals surface area contributed by atoms with Gasteiger partial charge in [0.25, 0.3) is 5.91 Å². The van der Waals surface area contributed by atoms with Gasteiger partial charge in [-0.2, -0.15) is 5.10 Å². The number of benzene rings is 2. The number of carbonyl (C=O) groups excluding carboxylic acids is 2. The van der Waals surface area contributed by atoms with Crippen LogP contribution < -0.4 is 10.2 Å². The van der Waals surface area contributed by atoms with Crippen LogP contribution in [0.4, 0.5) is 4.79 Å². The molecule has 2 aliphatic heterocycles. The normalized spacial score (nSPS) is 21.1.